The second-order valence-corrected chi connectivity index (χ2v) is 9.69. The van der Waals surface area contributed by atoms with Crippen LogP contribution in [0.15, 0.2) is 81.4 Å². The Morgan fingerprint density at radius 1 is 1.03 bits per heavy atom. The molecule has 1 unspecified atom stereocenters. The average Bonchev–Trinajstić information content (AvgIpc) is 2.79. The van der Waals surface area contributed by atoms with Crippen molar-refractivity contribution in [2.75, 3.05) is 24.2 Å². The van der Waals surface area contributed by atoms with E-state index >= 15 is 0 Å². The highest BCUT2D eigenvalue weighted by molar-refractivity contribution is 8.00. The van der Waals surface area contributed by atoms with Crippen molar-refractivity contribution in [3.05, 3.63) is 77.9 Å². The molecule has 30 heavy (non-hydrogen) atoms. The number of rotatable bonds is 3. The van der Waals surface area contributed by atoms with E-state index in [-0.39, 0.29) is 11.9 Å². The molecule has 1 atom stereocenters. The quantitative estimate of drug-likeness (QED) is 0.463. The smallest absolute Gasteiger partial charge is 0.245 e. The molecule has 0 saturated heterocycles. The first-order chi connectivity index (χ1) is 14.7. The summed E-state index contributed by atoms with van der Waals surface area (Å²) in [7, 11) is 0. The standard InChI is InChI=1S/C25H24N2OS2/c1-17-20-8-4-3-7-18(20)13-14-26(17)16-25(28)27-21-9-5-6-10-23(21)30-24-12-11-19(29-2)15-22(24)27/h3-12,15,17H,13-14,16H2,1-2H3. The van der Waals surface area contributed by atoms with Crippen molar-refractivity contribution in [3.8, 4) is 0 Å². The van der Waals surface area contributed by atoms with Gasteiger partial charge in [0.25, 0.3) is 0 Å². The van der Waals surface area contributed by atoms with Gasteiger partial charge in [0.1, 0.15) is 0 Å². The lowest BCUT2D eigenvalue weighted by Gasteiger charge is -2.37. The molecule has 0 aliphatic carbocycles. The van der Waals surface area contributed by atoms with E-state index in [1.165, 1.54) is 16.0 Å². The van der Waals surface area contributed by atoms with E-state index in [0.717, 1.165) is 34.1 Å². The van der Waals surface area contributed by atoms with Crippen molar-refractivity contribution < 1.29 is 4.79 Å². The van der Waals surface area contributed by atoms with Crippen LogP contribution in [0.3, 0.4) is 0 Å². The third-order valence-electron chi connectivity index (χ3n) is 6.04. The van der Waals surface area contributed by atoms with Gasteiger partial charge in [-0.1, -0.05) is 48.2 Å². The molecule has 0 spiro atoms. The molecule has 0 bridgehead atoms. The zero-order valence-electron chi connectivity index (χ0n) is 17.2. The lowest BCUT2D eigenvalue weighted by molar-refractivity contribution is -0.119. The molecule has 0 fully saturated rings. The molecule has 1 amide bonds. The fourth-order valence-electron chi connectivity index (χ4n) is 4.41. The van der Waals surface area contributed by atoms with Crippen molar-refractivity contribution in [1.29, 1.82) is 0 Å². The Kier molecular flexibility index (Phi) is 5.35. The van der Waals surface area contributed by atoms with E-state index < -0.39 is 0 Å². The minimum Gasteiger partial charge on any atom is -0.287 e. The first-order valence-corrected chi connectivity index (χ1v) is 12.3. The zero-order chi connectivity index (χ0) is 20.7. The third-order valence-corrected chi connectivity index (χ3v) is 7.90. The highest BCUT2D eigenvalue weighted by Gasteiger charge is 2.32. The number of hydrogen-bond acceptors (Lipinski definition) is 4. The van der Waals surface area contributed by atoms with Gasteiger partial charge in [-0.2, -0.15) is 0 Å². The maximum absolute atomic E-state index is 13.7. The Bertz CT molecular complexity index is 1110. The van der Waals surface area contributed by atoms with Gasteiger partial charge in [0.05, 0.1) is 17.9 Å². The summed E-state index contributed by atoms with van der Waals surface area (Å²) in [5.41, 5.74) is 4.74. The molecule has 5 heteroatoms. The number of benzene rings is 3. The first kappa shape index (κ1) is 19.7. The van der Waals surface area contributed by atoms with Gasteiger partial charge in [0.2, 0.25) is 5.91 Å². The average molecular weight is 433 g/mol. The van der Waals surface area contributed by atoms with E-state index in [1.807, 2.05) is 17.0 Å². The Labute approximate surface area is 186 Å². The molecule has 5 rings (SSSR count). The summed E-state index contributed by atoms with van der Waals surface area (Å²) in [5.74, 6) is 0.133. The van der Waals surface area contributed by atoms with Crippen LogP contribution in [-0.4, -0.2) is 30.2 Å². The number of carbonyl (C=O) groups is 1. The number of para-hydroxylation sites is 1. The minimum absolute atomic E-state index is 0.133. The molecule has 3 nitrogen and oxygen atoms in total. The van der Waals surface area contributed by atoms with Crippen LogP contribution in [0.5, 0.6) is 0 Å². The summed E-state index contributed by atoms with van der Waals surface area (Å²) < 4.78 is 0. The van der Waals surface area contributed by atoms with Crippen molar-refractivity contribution >= 4 is 40.8 Å². The summed E-state index contributed by atoms with van der Waals surface area (Å²) in [6.45, 7) is 3.54. The van der Waals surface area contributed by atoms with Crippen molar-refractivity contribution in [1.82, 2.24) is 4.90 Å². The van der Waals surface area contributed by atoms with Crippen LogP contribution in [0.25, 0.3) is 0 Å². The van der Waals surface area contributed by atoms with Gasteiger partial charge in [-0.3, -0.25) is 14.6 Å². The molecule has 2 heterocycles. The fourth-order valence-corrected chi connectivity index (χ4v) is 5.89. The van der Waals surface area contributed by atoms with E-state index in [9.17, 15) is 4.79 Å². The van der Waals surface area contributed by atoms with Crippen LogP contribution in [0.4, 0.5) is 11.4 Å². The van der Waals surface area contributed by atoms with Crippen LogP contribution in [0.2, 0.25) is 0 Å². The molecule has 2 aliphatic rings. The molecule has 152 valence electrons. The fraction of sp³-hybridized carbons (Fsp3) is 0.240. The summed E-state index contributed by atoms with van der Waals surface area (Å²) in [5, 5.41) is 0. The van der Waals surface area contributed by atoms with Crippen molar-refractivity contribution in [2.24, 2.45) is 0 Å². The molecular formula is C25H24N2OS2. The molecule has 3 aromatic rings. The second-order valence-electron chi connectivity index (χ2n) is 7.73. The third kappa shape index (κ3) is 3.45. The molecule has 0 N–H and O–H groups in total. The summed E-state index contributed by atoms with van der Waals surface area (Å²) in [6.07, 6.45) is 3.07. The number of hydrogen-bond donors (Lipinski definition) is 0. The molecule has 2 aliphatic heterocycles. The van der Waals surface area contributed by atoms with Gasteiger partial charge in [0, 0.05) is 27.3 Å². The molecule has 3 aromatic carbocycles. The van der Waals surface area contributed by atoms with E-state index in [4.69, 9.17) is 0 Å². The monoisotopic (exact) mass is 432 g/mol. The minimum atomic E-state index is 0.133. The van der Waals surface area contributed by atoms with Crippen LogP contribution in [0.1, 0.15) is 24.1 Å². The molecule has 0 aromatic heterocycles. The Morgan fingerprint density at radius 2 is 1.80 bits per heavy atom. The largest absolute Gasteiger partial charge is 0.287 e. The van der Waals surface area contributed by atoms with Crippen LogP contribution in [-0.2, 0) is 11.2 Å². The van der Waals surface area contributed by atoms with Crippen molar-refractivity contribution in [2.45, 2.75) is 34.1 Å². The van der Waals surface area contributed by atoms with Crippen LogP contribution < -0.4 is 4.90 Å². The van der Waals surface area contributed by atoms with E-state index in [2.05, 4.69) is 72.7 Å². The Morgan fingerprint density at radius 3 is 2.67 bits per heavy atom. The predicted molar refractivity (Wildman–Crippen MR) is 126 cm³/mol. The van der Waals surface area contributed by atoms with Crippen LogP contribution >= 0.6 is 23.5 Å². The van der Waals surface area contributed by atoms with Gasteiger partial charge in [0.15, 0.2) is 0 Å². The van der Waals surface area contributed by atoms with E-state index in [0.29, 0.717) is 6.54 Å². The van der Waals surface area contributed by atoms with Gasteiger partial charge in [-0.25, -0.2) is 0 Å². The molecule has 0 saturated carbocycles. The lowest BCUT2D eigenvalue weighted by atomic mass is 9.93. The molecule has 0 radical (unpaired) electrons. The highest BCUT2D eigenvalue weighted by Crippen LogP contribution is 2.49. The number of amides is 1. The number of fused-ring (bicyclic) bond motifs is 3. The zero-order valence-corrected chi connectivity index (χ0v) is 18.8. The topological polar surface area (TPSA) is 23.6 Å². The van der Waals surface area contributed by atoms with Crippen LogP contribution in [0, 0.1) is 0 Å². The lowest BCUT2D eigenvalue weighted by Crippen LogP contribution is -2.43. The highest BCUT2D eigenvalue weighted by atomic mass is 32.2. The second kappa shape index (κ2) is 8.14. The van der Waals surface area contributed by atoms with Gasteiger partial charge < -0.3 is 0 Å². The van der Waals surface area contributed by atoms with E-state index in [1.54, 1.807) is 23.5 Å². The maximum atomic E-state index is 13.7. The van der Waals surface area contributed by atoms with Crippen molar-refractivity contribution in [3.63, 3.8) is 0 Å². The Balaban J connectivity index is 1.49. The number of anilines is 2. The predicted octanol–water partition coefficient (Wildman–Crippen LogP) is 6.16. The normalized spacial score (nSPS) is 17.8. The number of carbonyl (C=O) groups excluding carboxylic acids is 1. The SMILES string of the molecule is CSc1ccc2c(c1)N(C(=O)CN1CCc3ccccc3C1C)c1ccccc1S2. The first-order valence-electron chi connectivity index (χ1n) is 10.3. The maximum Gasteiger partial charge on any atom is 0.245 e. The van der Waals surface area contributed by atoms with Gasteiger partial charge in [-0.15, -0.1) is 11.8 Å². The Hall–Kier alpha value is -2.21. The summed E-state index contributed by atoms with van der Waals surface area (Å²) in [4.78, 5) is 21.4. The number of thioether (sulfide) groups is 1. The summed E-state index contributed by atoms with van der Waals surface area (Å²) in [6, 6.07) is 23.5. The molecular weight excluding hydrogens is 408 g/mol. The van der Waals surface area contributed by atoms with Gasteiger partial charge in [-0.05, 0) is 61.1 Å². The van der Waals surface area contributed by atoms with Gasteiger partial charge >= 0.3 is 0 Å². The summed E-state index contributed by atoms with van der Waals surface area (Å²) >= 11 is 3.45. The number of nitrogens with zero attached hydrogens (tertiary/aromatic N) is 2.